The lowest BCUT2D eigenvalue weighted by Crippen LogP contribution is -2.06. The molecule has 3 aromatic carbocycles. The van der Waals surface area contributed by atoms with Crippen LogP contribution in [0.25, 0.3) is 11.8 Å². The Kier molecular flexibility index (Phi) is 3.95. The minimum absolute atomic E-state index is 0.0953. The summed E-state index contributed by atoms with van der Waals surface area (Å²) in [6.07, 6.45) is 1.97. The van der Waals surface area contributed by atoms with Crippen molar-refractivity contribution in [1.29, 1.82) is 0 Å². The van der Waals surface area contributed by atoms with Crippen LogP contribution in [0.5, 0.6) is 0 Å². The zero-order valence-electron chi connectivity index (χ0n) is 14.0. The molecule has 4 rings (SSSR count). The molecule has 1 aliphatic rings. The molecule has 2 heteroatoms. The molecule has 0 heterocycles. The number of hydrogen-bond acceptors (Lipinski definition) is 2. The number of carbonyl (C=O) groups is 1. The molecule has 0 amide bonds. The van der Waals surface area contributed by atoms with Gasteiger partial charge in [-0.25, -0.2) is 0 Å². The Labute approximate surface area is 147 Å². The lowest BCUT2D eigenvalue weighted by molar-refractivity contribution is -0.134. The van der Waals surface area contributed by atoms with E-state index in [1.807, 2.05) is 36.4 Å². The van der Waals surface area contributed by atoms with E-state index in [9.17, 15) is 4.79 Å². The third-order valence-electron chi connectivity index (χ3n) is 4.52. The van der Waals surface area contributed by atoms with Crippen LogP contribution >= 0.6 is 0 Å². The summed E-state index contributed by atoms with van der Waals surface area (Å²) >= 11 is 0. The van der Waals surface area contributed by atoms with Crippen molar-refractivity contribution in [3.05, 3.63) is 107 Å². The van der Waals surface area contributed by atoms with Crippen LogP contribution in [0.15, 0.2) is 78.9 Å². The molecule has 0 bridgehead atoms. The predicted octanol–water partition coefficient (Wildman–Crippen LogP) is 5.24. The van der Waals surface area contributed by atoms with Crippen LogP contribution in [0.1, 0.15) is 40.7 Å². The SMILES string of the molecule is CC(=O)OC1=Cc2ccccc2C(c2ccccc2)c2ccccc21. The van der Waals surface area contributed by atoms with Crippen molar-refractivity contribution in [3.8, 4) is 0 Å². The van der Waals surface area contributed by atoms with Crippen LogP contribution in [-0.4, -0.2) is 5.97 Å². The third-order valence-corrected chi connectivity index (χ3v) is 4.52. The highest BCUT2D eigenvalue weighted by Crippen LogP contribution is 2.41. The Morgan fingerprint density at radius 1 is 0.800 bits per heavy atom. The summed E-state index contributed by atoms with van der Waals surface area (Å²) in [6, 6.07) is 26.9. The zero-order valence-corrected chi connectivity index (χ0v) is 14.0. The maximum absolute atomic E-state index is 11.6. The Hall–Kier alpha value is -3.13. The Morgan fingerprint density at radius 2 is 1.44 bits per heavy atom. The smallest absolute Gasteiger partial charge is 0.308 e. The predicted molar refractivity (Wildman–Crippen MR) is 99.9 cm³/mol. The number of hydrogen-bond donors (Lipinski definition) is 0. The van der Waals surface area contributed by atoms with E-state index in [-0.39, 0.29) is 11.9 Å². The molecule has 0 saturated carbocycles. The van der Waals surface area contributed by atoms with Crippen molar-refractivity contribution in [2.45, 2.75) is 12.8 Å². The van der Waals surface area contributed by atoms with E-state index in [1.54, 1.807) is 0 Å². The highest BCUT2D eigenvalue weighted by Gasteiger charge is 2.26. The Bertz CT molecular complexity index is 955. The summed E-state index contributed by atoms with van der Waals surface area (Å²) in [5.41, 5.74) is 5.61. The van der Waals surface area contributed by atoms with Gasteiger partial charge in [0.15, 0.2) is 0 Å². The number of rotatable bonds is 2. The van der Waals surface area contributed by atoms with E-state index >= 15 is 0 Å². The lowest BCUT2D eigenvalue weighted by atomic mass is 9.82. The second-order valence-electron chi connectivity index (χ2n) is 6.16. The van der Waals surface area contributed by atoms with Crippen molar-refractivity contribution < 1.29 is 9.53 Å². The summed E-state index contributed by atoms with van der Waals surface area (Å²) < 4.78 is 5.56. The largest absolute Gasteiger partial charge is 0.426 e. The maximum atomic E-state index is 11.6. The molecule has 0 aliphatic heterocycles. The lowest BCUT2D eigenvalue weighted by Gasteiger charge is -2.21. The van der Waals surface area contributed by atoms with Gasteiger partial charge in [-0.05, 0) is 28.3 Å². The summed E-state index contributed by atoms with van der Waals surface area (Å²) in [5.74, 6) is 0.392. The van der Waals surface area contributed by atoms with Gasteiger partial charge in [0.05, 0.1) is 0 Å². The van der Waals surface area contributed by atoms with Gasteiger partial charge in [-0.15, -0.1) is 0 Å². The average Bonchev–Trinajstić information content (AvgIpc) is 2.76. The molecule has 1 aliphatic carbocycles. The van der Waals surface area contributed by atoms with Crippen LogP contribution in [0, 0.1) is 0 Å². The van der Waals surface area contributed by atoms with Gasteiger partial charge in [-0.2, -0.15) is 0 Å². The van der Waals surface area contributed by atoms with E-state index in [4.69, 9.17) is 4.74 Å². The van der Waals surface area contributed by atoms with E-state index < -0.39 is 0 Å². The monoisotopic (exact) mass is 326 g/mol. The molecule has 3 aromatic rings. The highest BCUT2D eigenvalue weighted by atomic mass is 16.5. The van der Waals surface area contributed by atoms with E-state index in [1.165, 1.54) is 18.1 Å². The molecule has 25 heavy (non-hydrogen) atoms. The average molecular weight is 326 g/mol. The normalized spacial score (nSPS) is 15.4. The number of carbonyl (C=O) groups excluding carboxylic acids is 1. The highest BCUT2D eigenvalue weighted by molar-refractivity contribution is 5.88. The molecule has 2 nitrogen and oxygen atoms in total. The summed E-state index contributed by atoms with van der Waals surface area (Å²) in [7, 11) is 0. The number of fused-ring (bicyclic) bond motifs is 2. The van der Waals surface area contributed by atoms with E-state index in [0.717, 1.165) is 16.7 Å². The standard InChI is InChI=1S/C23H18O2/c1-16(24)25-22-15-18-11-5-6-12-19(18)23(17-9-3-2-4-10-17)21-14-8-7-13-20(21)22/h2-15,23H,1H3. The molecule has 1 atom stereocenters. The first-order valence-electron chi connectivity index (χ1n) is 8.37. The van der Waals surface area contributed by atoms with Gasteiger partial charge in [0.1, 0.15) is 5.76 Å². The minimum Gasteiger partial charge on any atom is -0.426 e. The number of esters is 1. The molecule has 122 valence electrons. The van der Waals surface area contributed by atoms with Crippen LogP contribution in [0.3, 0.4) is 0 Å². The molecule has 0 saturated heterocycles. The first-order chi connectivity index (χ1) is 12.2. The molecular formula is C23H18O2. The zero-order chi connectivity index (χ0) is 17.2. The van der Waals surface area contributed by atoms with Crippen molar-refractivity contribution in [2.24, 2.45) is 0 Å². The molecule has 0 radical (unpaired) electrons. The fraction of sp³-hybridized carbons (Fsp3) is 0.0870. The van der Waals surface area contributed by atoms with Crippen LogP contribution < -0.4 is 0 Å². The summed E-state index contributed by atoms with van der Waals surface area (Å²) in [6.45, 7) is 1.44. The van der Waals surface area contributed by atoms with Crippen molar-refractivity contribution in [3.63, 3.8) is 0 Å². The van der Waals surface area contributed by atoms with Crippen LogP contribution in [0.2, 0.25) is 0 Å². The summed E-state index contributed by atoms with van der Waals surface area (Å²) in [4.78, 5) is 11.6. The van der Waals surface area contributed by atoms with Gasteiger partial charge in [0, 0.05) is 18.4 Å². The fourth-order valence-electron chi connectivity index (χ4n) is 3.51. The van der Waals surface area contributed by atoms with Crippen molar-refractivity contribution in [2.75, 3.05) is 0 Å². The molecule has 1 unspecified atom stereocenters. The first kappa shape index (κ1) is 15.4. The number of ether oxygens (including phenoxy) is 1. The van der Waals surface area contributed by atoms with Crippen LogP contribution in [-0.2, 0) is 9.53 Å². The van der Waals surface area contributed by atoms with Gasteiger partial charge in [-0.1, -0.05) is 78.9 Å². The molecule has 0 aromatic heterocycles. The quantitative estimate of drug-likeness (QED) is 0.602. The third kappa shape index (κ3) is 2.87. The van der Waals surface area contributed by atoms with Gasteiger partial charge >= 0.3 is 5.97 Å². The second-order valence-corrected chi connectivity index (χ2v) is 6.16. The fourth-order valence-corrected chi connectivity index (χ4v) is 3.51. The molecule has 0 N–H and O–H groups in total. The Balaban J connectivity index is 2.01. The Morgan fingerprint density at radius 3 is 2.20 bits per heavy atom. The van der Waals surface area contributed by atoms with E-state index in [2.05, 4.69) is 48.5 Å². The van der Waals surface area contributed by atoms with Gasteiger partial charge in [0.2, 0.25) is 0 Å². The minimum atomic E-state index is -0.309. The van der Waals surface area contributed by atoms with Gasteiger partial charge in [-0.3, -0.25) is 4.79 Å². The van der Waals surface area contributed by atoms with Crippen molar-refractivity contribution >= 4 is 17.8 Å². The van der Waals surface area contributed by atoms with Crippen LogP contribution in [0.4, 0.5) is 0 Å². The van der Waals surface area contributed by atoms with Gasteiger partial charge in [0.25, 0.3) is 0 Å². The second kappa shape index (κ2) is 6.40. The van der Waals surface area contributed by atoms with Gasteiger partial charge < -0.3 is 4.74 Å². The molecule has 0 fully saturated rings. The van der Waals surface area contributed by atoms with Crippen molar-refractivity contribution in [1.82, 2.24) is 0 Å². The topological polar surface area (TPSA) is 26.3 Å². The molecular weight excluding hydrogens is 308 g/mol. The maximum Gasteiger partial charge on any atom is 0.308 e. The first-order valence-corrected chi connectivity index (χ1v) is 8.37. The van der Waals surface area contributed by atoms with E-state index in [0.29, 0.717) is 5.76 Å². The molecule has 0 spiro atoms. The number of benzene rings is 3. The summed E-state index contributed by atoms with van der Waals surface area (Å²) in [5, 5.41) is 0.